The highest BCUT2D eigenvalue weighted by atomic mass is 19.1. The van der Waals surface area contributed by atoms with Gasteiger partial charge in [-0.3, -0.25) is 4.79 Å². The second-order valence-corrected chi connectivity index (χ2v) is 9.77. The predicted octanol–water partition coefficient (Wildman–Crippen LogP) is 3.64. The van der Waals surface area contributed by atoms with Crippen LogP contribution in [0.4, 0.5) is 4.39 Å². The van der Waals surface area contributed by atoms with Crippen molar-refractivity contribution in [2.75, 3.05) is 13.2 Å². The second kappa shape index (κ2) is 7.53. The maximum atomic E-state index is 13.2. The van der Waals surface area contributed by atoms with Crippen molar-refractivity contribution in [2.45, 2.75) is 38.5 Å². The van der Waals surface area contributed by atoms with Crippen molar-refractivity contribution >= 4 is 11.6 Å². The summed E-state index contributed by atoms with van der Waals surface area (Å²) in [5.74, 6) is 3.08. The summed E-state index contributed by atoms with van der Waals surface area (Å²) in [5.41, 5.74) is 1.15. The summed E-state index contributed by atoms with van der Waals surface area (Å²) in [6, 6.07) is 9.55. The van der Waals surface area contributed by atoms with Gasteiger partial charge in [-0.2, -0.15) is 4.52 Å². The van der Waals surface area contributed by atoms with Crippen LogP contribution in [0.15, 0.2) is 36.4 Å². The number of carbonyl (C=O) groups is 1. The molecule has 0 atom stereocenters. The molecule has 4 saturated carbocycles. The maximum Gasteiger partial charge on any atom is 0.231 e. The number of rotatable bonds is 6. The zero-order chi connectivity index (χ0) is 21.7. The second-order valence-electron chi connectivity index (χ2n) is 9.77. The van der Waals surface area contributed by atoms with Crippen molar-refractivity contribution in [3.05, 3.63) is 42.2 Å². The van der Waals surface area contributed by atoms with Crippen LogP contribution in [0, 0.1) is 29.0 Å². The first-order valence-corrected chi connectivity index (χ1v) is 11.5. The Kier molecular flexibility index (Phi) is 4.62. The van der Waals surface area contributed by atoms with Crippen molar-refractivity contribution in [1.29, 1.82) is 0 Å². The molecule has 2 heterocycles. The minimum atomic E-state index is -0.310. The summed E-state index contributed by atoms with van der Waals surface area (Å²) in [6.45, 7) is 0.790. The largest absolute Gasteiger partial charge is 0.475 e. The lowest BCUT2D eigenvalue weighted by molar-refractivity contribution is -0.146. The molecule has 1 aromatic carbocycles. The van der Waals surface area contributed by atoms with Gasteiger partial charge >= 0.3 is 0 Å². The number of aromatic nitrogens is 4. The Balaban J connectivity index is 1.09. The summed E-state index contributed by atoms with van der Waals surface area (Å²) < 4.78 is 20.6. The third kappa shape index (κ3) is 3.42. The van der Waals surface area contributed by atoms with Gasteiger partial charge in [0.05, 0.1) is 6.54 Å². The molecule has 0 saturated heterocycles. The van der Waals surface area contributed by atoms with Crippen molar-refractivity contribution in [3.63, 3.8) is 0 Å². The third-order valence-electron chi connectivity index (χ3n) is 7.50. The lowest BCUT2D eigenvalue weighted by atomic mass is 9.49. The van der Waals surface area contributed by atoms with Gasteiger partial charge in [-0.25, -0.2) is 4.39 Å². The summed E-state index contributed by atoms with van der Waals surface area (Å²) >= 11 is 0. The van der Waals surface area contributed by atoms with Gasteiger partial charge in [0.15, 0.2) is 11.5 Å². The fourth-order valence-corrected chi connectivity index (χ4v) is 6.52. The molecule has 7 rings (SSSR count). The average Bonchev–Trinajstić information content (AvgIpc) is 3.19. The van der Waals surface area contributed by atoms with Crippen molar-refractivity contribution < 1.29 is 13.9 Å². The highest BCUT2D eigenvalue weighted by molar-refractivity contribution is 5.83. The van der Waals surface area contributed by atoms with Gasteiger partial charge in [0, 0.05) is 17.0 Å². The number of fused-ring (bicyclic) bond motifs is 1. The van der Waals surface area contributed by atoms with Gasteiger partial charge in [-0.1, -0.05) is 0 Å². The molecule has 0 aliphatic heterocycles. The number of halogens is 1. The summed E-state index contributed by atoms with van der Waals surface area (Å²) in [5, 5.41) is 15.9. The Hall–Kier alpha value is -3.03. The first-order chi connectivity index (χ1) is 15.6. The zero-order valence-electron chi connectivity index (χ0n) is 17.8. The fourth-order valence-electron chi connectivity index (χ4n) is 6.52. The molecule has 166 valence electrons. The number of ether oxygens (including phenoxy) is 1. The van der Waals surface area contributed by atoms with E-state index in [9.17, 15) is 9.18 Å². The minimum absolute atomic E-state index is 0.140. The quantitative estimate of drug-likeness (QED) is 0.598. The van der Waals surface area contributed by atoms with Crippen LogP contribution in [0.25, 0.3) is 17.0 Å². The molecule has 0 radical (unpaired) electrons. The Bertz CT molecular complexity index is 1120. The molecule has 0 unspecified atom stereocenters. The molecular weight excluding hydrogens is 409 g/mol. The molecule has 8 heteroatoms. The minimum Gasteiger partial charge on any atom is -0.475 e. The van der Waals surface area contributed by atoms with Gasteiger partial charge in [-0.05, 0) is 86.6 Å². The molecule has 0 spiro atoms. The monoisotopic (exact) mass is 435 g/mol. The van der Waals surface area contributed by atoms with Crippen molar-refractivity contribution in [1.82, 2.24) is 25.1 Å². The van der Waals surface area contributed by atoms with Gasteiger partial charge in [-0.15, -0.1) is 15.3 Å². The van der Waals surface area contributed by atoms with E-state index in [4.69, 9.17) is 4.74 Å². The molecule has 3 aromatic rings. The van der Waals surface area contributed by atoms with Crippen LogP contribution < -0.4 is 10.1 Å². The standard InChI is InChI=1S/C24H26FN5O2/c25-19-3-1-18(2-4-19)22-28-27-20-5-6-21(29-30(20)22)32-8-7-26-23(31)24-12-15-9-16(13-24)11-17(10-15)14-24/h1-6,15-17H,7-14H2,(H,26,31). The average molecular weight is 436 g/mol. The van der Waals surface area contributed by atoms with Crippen molar-refractivity contribution in [3.8, 4) is 17.3 Å². The molecular formula is C24H26FN5O2. The zero-order valence-corrected chi connectivity index (χ0v) is 17.8. The lowest BCUT2D eigenvalue weighted by Gasteiger charge is -2.55. The molecule has 4 fully saturated rings. The highest BCUT2D eigenvalue weighted by Crippen LogP contribution is 2.60. The molecule has 4 aliphatic rings. The fraction of sp³-hybridized carbons (Fsp3) is 0.500. The van der Waals surface area contributed by atoms with E-state index in [0.717, 1.165) is 37.0 Å². The van der Waals surface area contributed by atoms with Crippen LogP contribution in [0.5, 0.6) is 5.88 Å². The number of hydrogen-bond donors (Lipinski definition) is 1. The van der Waals surface area contributed by atoms with E-state index in [1.807, 2.05) is 0 Å². The van der Waals surface area contributed by atoms with E-state index in [-0.39, 0.29) is 17.1 Å². The first-order valence-electron chi connectivity index (χ1n) is 11.5. The van der Waals surface area contributed by atoms with E-state index in [0.29, 0.717) is 36.1 Å². The molecule has 4 bridgehead atoms. The number of nitrogens with zero attached hydrogens (tertiary/aromatic N) is 4. The van der Waals surface area contributed by atoms with Crippen LogP contribution >= 0.6 is 0 Å². The Morgan fingerprint density at radius 1 is 1.03 bits per heavy atom. The van der Waals surface area contributed by atoms with Crippen LogP contribution in [0.1, 0.15) is 38.5 Å². The van der Waals surface area contributed by atoms with Gasteiger partial charge in [0.2, 0.25) is 11.8 Å². The Morgan fingerprint density at radius 3 is 2.41 bits per heavy atom. The molecule has 4 aliphatic carbocycles. The number of benzene rings is 1. The lowest BCUT2D eigenvalue weighted by Crippen LogP contribution is -2.54. The summed E-state index contributed by atoms with van der Waals surface area (Å²) in [6.07, 6.45) is 7.16. The van der Waals surface area contributed by atoms with Gasteiger partial charge in [0.1, 0.15) is 12.4 Å². The number of nitrogens with one attached hydrogen (secondary N) is 1. The first kappa shape index (κ1) is 19.6. The highest BCUT2D eigenvalue weighted by Gasteiger charge is 2.54. The van der Waals surface area contributed by atoms with E-state index >= 15 is 0 Å². The third-order valence-corrected chi connectivity index (χ3v) is 7.50. The number of carbonyl (C=O) groups excluding carboxylic acids is 1. The van der Waals surface area contributed by atoms with E-state index in [1.54, 1.807) is 28.8 Å². The SMILES string of the molecule is O=C(NCCOc1ccc2nnc(-c3ccc(F)cc3)n2n1)C12CC3CC(CC(C3)C1)C2. The molecule has 1 N–H and O–H groups in total. The Morgan fingerprint density at radius 2 is 1.72 bits per heavy atom. The number of amides is 1. The Labute approximate surface area is 185 Å². The van der Waals surface area contributed by atoms with Gasteiger partial charge in [0.25, 0.3) is 0 Å². The summed E-state index contributed by atoms with van der Waals surface area (Å²) in [4.78, 5) is 13.0. The molecule has 2 aromatic heterocycles. The van der Waals surface area contributed by atoms with E-state index in [1.165, 1.54) is 31.4 Å². The molecule has 1 amide bonds. The van der Waals surface area contributed by atoms with Crippen LogP contribution in [0.3, 0.4) is 0 Å². The van der Waals surface area contributed by atoms with E-state index < -0.39 is 0 Å². The molecule has 32 heavy (non-hydrogen) atoms. The molecule has 7 nitrogen and oxygen atoms in total. The van der Waals surface area contributed by atoms with E-state index in [2.05, 4.69) is 20.6 Å². The maximum absolute atomic E-state index is 13.2. The summed E-state index contributed by atoms with van der Waals surface area (Å²) in [7, 11) is 0. The van der Waals surface area contributed by atoms with Crippen LogP contribution in [-0.2, 0) is 4.79 Å². The van der Waals surface area contributed by atoms with Gasteiger partial charge < -0.3 is 10.1 Å². The number of hydrogen-bond acceptors (Lipinski definition) is 5. The van der Waals surface area contributed by atoms with Crippen LogP contribution in [0.2, 0.25) is 0 Å². The predicted molar refractivity (Wildman–Crippen MR) is 115 cm³/mol. The normalized spacial score (nSPS) is 28.2. The van der Waals surface area contributed by atoms with Crippen LogP contribution in [-0.4, -0.2) is 38.9 Å². The smallest absolute Gasteiger partial charge is 0.231 e. The topological polar surface area (TPSA) is 81.4 Å². The van der Waals surface area contributed by atoms with Crippen molar-refractivity contribution in [2.24, 2.45) is 23.2 Å².